The van der Waals surface area contributed by atoms with Crippen LogP contribution in [0.4, 0.5) is 0 Å². The first-order chi connectivity index (χ1) is 12.5. The molecule has 2 amide bonds. The number of carbonyl (C=O) groups excluding carboxylic acids is 2. The summed E-state index contributed by atoms with van der Waals surface area (Å²) in [7, 11) is -1.19. The van der Waals surface area contributed by atoms with Gasteiger partial charge < -0.3 is 20.3 Å². The minimum atomic E-state index is -1.19. The van der Waals surface area contributed by atoms with Gasteiger partial charge in [0, 0.05) is 11.8 Å². The second-order valence-corrected chi connectivity index (χ2v) is 6.06. The number of amides is 2. The summed E-state index contributed by atoms with van der Waals surface area (Å²) in [4.78, 5) is 23.8. The smallest absolute Gasteiger partial charge is 0.535 e. The normalized spacial score (nSPS) is 11.7. The first-order valence-electron chi connectivity index (χ1n) is 8.94. The lowest BCUT2D eigenvalue weighted by Crippen LogP contribution is -2.49. The number of rotatable bonds is 9. The molecule has 0 heterocycles. The van der Waals surface area contributed by atoms with E-state index in [1.54, 1.807) is 13.0 Å². The number of benzene rings is 2. The number of nitrogens with one attached hydrogen (secondary N) is 2. The molecule has 2 aromatic carbocycles. The molecule has 138 valence electrons. The van der Waals surface area contributed by atoms with Gasteiger partial charge in [-0.25, -0.2) is 0 Å². The summed E-state index contributed by atoms with van der Waals surface area (Å²) in [5.41, 5.74) is 0. The lowest BCUT2D eigenvalue weighted by Gasteiger charge is -2.18. The monoisotopic (exact) mass is 356 g/mol. The van der Waals surface area contributed by atoms with E-state index in [2.05, 4.69) is 10.6 Å². The number of hydrogen-bond acceptors (Lipinski definition) is 4. The van der Waals surface area contributed by atoms with Crippen molar-refractivity contribution in [2.45, 2.75) is 39.2 Å². The maximum Gasteiger partial charge on any atom is 0.543 e. The van der Waals surface area contributed by atoms with Gasteiger partial charge in [-0.2, -0.15) is 0 Å². The Hall–Kier alpha value is -2.54. The van der Waals surface area contributed by atoms with Gasteiger partial charge in [0.05, 0.1) is 6.44 Å². The van der Waals surface area contributed by atoms with Gasteiger partial charge in [0.2, 0.25) is 11.8 Å². The molecule has 2 rings (SSSR count). The SMILES string of the molecule is CCC[C@H](NC(=O)CC)C(=O)NCB(O)Oc1cccc2ccccc12. The molecule has 7 heteroatoms. The average molecular weight is 356 g/mol. The Balaban J connectivity index is 1.93. The van der Waals surface area contributed by atoms with Crippen molar-refractivity contribution >= 4 is 29.7 Å². The third-order valence-corrected chi connectivity index (χ3v) is 4.01. The molecule has 6 nitrogen and oxygen atoms in total. The summed E-state index contributed by atoms with van der Waals surface area (Å²) in [5, 5.41) is 17.3. The van der Waals surface area contributed by atoms with E-state index in [0.717, 1.165) is 17.2 Å². The molecule has 0 fully saturated rings. The molecule has 26 heavy (non-hydrogen) atoms. The minimum absolute atomic E-state index is 0.0652. The summed E-state index contributed by atoms with van der Waals surface area (Å²) in [5.74, 6) is 0.0506. The van der Waals surface area contributed by atoms with Gasteiger partial charge in [-0.05, 0) is 17.9 Å². The van der Waals surface area contributed by atoms with Crippen LogP contribution in [0.15, 0.2) is 42.5 Å². The molecule has 0 aliphatic rings. The van der Waals surface area contributed by atoms with Crippen LogP contribution in [0, 0.1) is 0 Å². The fraction of sp³-hybridized carbons (Fsp3) is 0.368. The molecule has 0 radical (unpaired) electrons. The Labute approximate surface area is 154 Å². The van der Waals surface area contributed by atoms with E-state index < -0.39 is 13.2 Å². The fourth-order valence-corrected chi connectivity index (χ4v) is 2.65. The zero-order valence-electron chi connectivity index (χ0n) is 15.2. The third-order valence-electron chi connectivity index (χ3n) is 4.01. The van der Waals surface area contributed by atoms with E-state index >= 15 is 0 Å². The van der Waals surface area contributed by atoms with Gasteiger partial charge in [-0.1, -0.05) is 56.7 Å². The Morgan fingerprint density at radius 2 is 1.88 bits per heavy atom. The predicted octanol–water partition coefficient (Wildman–Crippen LogP) is 2.05. The molecule has 0 spiro atoms. The van der Waals surface area contributed by atoms with Gasteiger partial charge in [-0.3, -0.25) is 9.59 Å². The Bertz CT molecular complexity index is 748. The minimum Gasteiger partial charge on any atom is -0.535 e. The highest BCUT2D eigenvalue weighted by Gasteiger charge is 2.23. The van der Waals surface area contributed by atoms with Crippen LogP contribution in [0.1, 0.15) is 33.1 Å². The molecule has 0 unspecified atom stereocenters. The standard InChI is InChI=1S/C19H25BN2O4/c1-3-8-16(22-18(23)4-2)19(24)21-13-20(25)26-17-12-7-10-14-9-5-6-11-15(14)17/h5-7,9-12,16,25H,3-4,8,13H2,1-2H3,(H,21,24)(H,22,23)/t16-/m0/s1. The topological polar surface area (TPSA) is 87.7 Å². The van der Waals surface area contributed by atoms with Crippen LogP contribution in [0.5, 0.6) is 5.75 Å². The van der Waals surface area contributed by atoms with E-state index in [1.165, 1.54) is 0 Å². The van der Waals surface area contributed by atoms with Crippen molar-refractivity contribution in [3.8, 4) is 5.75 Å². The van der Waals surface area contributed by atoms with Crippen LogP contribution >= 0.6 is 0 Å². The van der Waals surface area contributed by atoms with E-state index in [9.17, 15) is 14.6 Å². The molecular formula is C19H25BN2O4. The fourth-order valence-electron chi connectivity index (χ4n) is 2.65. The zero-order valence-corrected chi connectivity index (χ0v) is 15.2. The van der Waals surface area contributed by atoms with Crippen molar-refractivity contribution in [1.82, 2.24) is 10.6 Å². The molecule has 2 aromatic rings. The van der Waals surface area contributed by atoms with Crippen LogP contribution < -0.4 is 15.3 Å². The largest absolute Gasteiger partial charge is 0.543 e. The summed E-state index contributed by atoms with van der Waals surface area (Å²) in [6.07, 6.45) is 1.56. The predicted molar refractivity (Wildman–Crippen MR) is 103 cm³/mol. The van der Waals surface area contributed by atoms with Gasteiger partial charge in [0.25, 0.3) is 0 Å². The maximum atomic E-state index is 12.3. The summed E-state index contributed by atoms with van der Waals surface area (Å²) in [6.45, 7) is 3.68. The third kappa shape index (κ3) is 5.49. The van der Waals surface area contributed by atoms with Crippen LogP contribution in [-0.4, -0.2) is 36.4 Å². The van der Waals surface area contributed by atoms with Crippen LogP contribution in [0.2, 0.25) is 0 Å². The second-order valence-electron chi connectivity index (χ2n) is 6.06. The molecule has 0 aliphatic heterocycles. The van der Waals surface area contributed by atoms with Gasteiger partial charge >= 0.3 is 7.12 Å². The first-order valence-corrected chi connectivity index (χ1v) is 8.94. The van der Waals surface area contributed by atoms with Crippen molar-refractivity contribution in [1.29, 1.82) is 0 Å². The highest BCUT2D eigenvalue weighted by Crippen LogP contribution is 2.25. The van der Waals surface area contributed by atoms with Crippen molar-refractivity contribution in [3.05, 3.63) is 42.5 Å². The highest BCUT2D eigenvalue weighted by molar-refractivity contribution is 6.44. The molecule has 0 aromatic heterocycles. The van der Waals surface area contributed by atoms with Gasteiger partial charge in [-0.15, -0.1) is 0 Å². The van der Waals surface area contributed by atoms with E-state index in [4.69, 9.17) is 4.65 Å². The number of hydrogen-bond donors (Lipinski definition) is 3. The molecule has 3 N–H and O–H groups in total. The quantitative estimate of drug-likeness (QED) is 0.600. The highest BCUT2D eigenvalue weighted by atomic mass is 16.5. The Morgan fingerprint density at radius 1 is 1.15 bits per heavy atom. The molecule has 0 saturated heterocycles. The Kier molecular flexibility index (Phi) is 7.47. The van der Waals surface area contributed by atoms with Crippen molar-refractivity contribution in [2.75, 3.05) is 6.44 Å². The van der Waals surface area contributed by atoms with Crippen molar-refractivity contribution < 1.29 is 19.3 Å². The lowest BCUT2D eigenvalue weighted by molar-refractivity contribution is -0.128. The molecule has 0 bridgehead atoms. The molecule has 1 atom stereocenters. The summed E-state index contributed by atoms with van der Waals surface area (Å²) >= 11 is 0. The second kappa shape index (κ2) is 9.82. The first kappa shape index (κ1) is 19.8. The van der Waals surface area contributed by atoms with Gasteiger partial charge in [0.1, 0.15) is 11.8 Å². The summed E-state index contributed by atoms with van der Waals surface area (Å²) < 4.78 is 5.57. The number of fused-ring (bicyclic) bond motifs is 1. The average Bonchev–Trinajstić information content (AvgIpc) is 2.66. The number of carbonyl (C=O) groups is 2. The van der Waals surface area contributed by atoms with Crippen LogP contribution in [0.3, 0.4) is 0 Å². The van der Waals surface area contributed by atoms with E-state index in [0.29, 0.717) is 18.6 Å². The molecule has 0 aliphatic carbocycles. The van der Waals surface area contributed by atoms with E-state index in [-0.39, 0.29) is 18.3 Å². The summed E-state index contributed by atoms with van der Waals surface area (Å²) in [6, 6.07) is 12.7. The van der Waals surface area contributed by atoms with Gasteiger partial charge in [0.15, 0.2) is 0 Å². The van der Waals surface area contributed by atoms with Crippen LogP contribution in [-0.2, 0) is 9.59 Å². The van der Waals surface area contributed by atoms with E-state index in [1.807, 2.05) is 43.3 Å². The molecular weight excluding hydrogens is 331 g/mol. The Morgan fingerprint density at radius 3 is 2.62 bits per heavy atom. The lowest BCUT2D eigenvalue weighted by atomic mass is 9.90. The van der Waals surface area contributed by atoms with Crippen LogP contribution in [0.25, 0.3) is 10.8 Å². The maximum absolute atomic E-state index is 12.3. The van der Waals surface area contributed by atoms with Crippen molar-refractivity contribution in [3.63, 3.8) is 0 Å². The molecule has 0 saturated carbocycles. The van der Waals surface area contributed by atoms with Crippen molar-refractivity contribution in [2.24, 2.45) is 0 Å². The zero-order chi connectivity index (χ0) is 18.9.